The Morgan fingerprint density at radius 1 is 1.41 bits per heavy atom. The van der Waals surface area contributed by atoms with E-state index < -0.39 is 11.9 Å². The van der Waals surface area contributed by atoms with Gasteiger partial charge in [-0.2, -0.15) is 0 Å². The van der Waals surface area contributed by atoms with Crippen molar-refractivity contribution in [2.75, 3.05) is 6.54 Å². The first-order chi connectivity index (χ1) is 10.5. The van der Waals surface area contributed by atoms with Crippen LogP contribution in [0.2, 0.25) is 0 Å². The van der Waals surface area contributed by atoms with Crippen LogP contribution in [0.3, 0.4) is 0 Å². The van der Waals surface area contributed by atoms with Gasteiger partial charge < -0.3 is 10.0 Å². The number of thiophene rings is 1. The van der Waals surface area contributed by atoms with E-state index in [4.69, 9.17) is 5.11 Å². The highest BCUT2D eigenvalue weighted by atomic mass is 32.1. The molecule has 1 aromatic rings. The zero-order valence-electron chi connectivity index (χ0n) is 13.2. The Labute approximate surface area is 135 Å². The molecule has 1 amide bonds. The van der Waals surface area contributed by atoms with Crippen molar-refractivity contribution in [3.63, 3.8) is 0 Å². The second kappa shape index (κ2) is 6.03. The topological polar surface area (TPSA) is 57.6 Å². The normalized spacial score (nSPS) is 22.0. The Bertz CT molecular complexity index is 591. The molecule has 0 aliphatic heterocycles. The summed E-state index contributed by atoms with van der Waals surface area (Å²) in [6.07, 6.45) is 5.19. The molecule has 1 heterocycles. The number of carbonyl (C=O) groups is 2. The highest BCUT2D eigenvalue weighted by Gasteiger charge is 2.36. The number of rotatable bonds is 5. The van der Waals surface area contributed by atoms with Crippen molar-refractivity contribution in [2.24, 2.45) is 11.8 Å². The second-order valence-corrected chi connectivity index (χ2v) is 7.79. The van der Waals surface area contributed by atoms with Crippen molar-refractivity contribution in [3.05, 3.63) is 21.4 Å². The standard InChI is InChI=1S/C17H23NO3S/c1-10-3-6-13-14(9-22-15(13)7-10)16(19)18(12-4-5-12)8-11(2)17(20)21/h9-12H,3-8H2,1-2H3,(H,20,21). The molecule has 1 saturated carbocycles. The summed E-state index contributed by atoms with van der Waals surface area (Å²) in [5, 5.41) is 11.1. The summed E-state index contributed by atoms with van der Waals surface area (Å²) in [6, 6.07) is 0.243. The maximum absolute atomic E-state index is 12.9. The van der Waals surface area contributed by atoms with Gasteiger partial charge >= 0.3 is 5.97 Å². The van der Waals surface area contributed by atoms with Gasteiger partial charge in [-0.15, -0.1) is 11.3 Å². The highest BCUT2D eigenvalue weighted by Crippen LogP contribution is 2.35. The summed E-state index contributed by atoms with van der Waals surface area (Å²) in [6.45, 7) is 4.25. The van der Waals surface area contributed by atoms with Gasteiger partial charge in [-0.05, 0) is 43.6 Å². The molecule has 0 aromatic carbocycles. The van der Waals surface area contributed by atoms with Crippen molar-refractivity contribution in [2.45, 2.75) is 52.0 Å². The summed E-state index contributed by atoms with van der Waals surface area (Å²) in [5.74, 6) is -0.609. The number of aliphatic carboxylic acids is 1. The number of amides is 1. The Morgan fingerprint density at radius 3 is 2.77 bits per heavy atom. The van der Waals surface area contributed by atoms with Crippen molar-refractivity contribution < 1.29 is 14.7 Å². The largest absolute Gasteiger partial charge is 0.481 e. The smallest absolute Gasteiger partial charge is 0.308 e. The molecular weight excluding hydrogens is 298 g/mol. The predicted molar refractivity (Wildman–Crippen MR) is 86.4 cm³/mol. The van der Waals surface area contributed by atoms with E-state index in [2.05, 4.69) is 6.92 Å². The van der Waals surface area contributed by atoms with E-state index in [1.165, 1.54) is 10.4 Å². The molecule has 0 saturated heterocycles. The molecule has 2 unspecified atom stereocenters. The summed E-state index contributed by atoms with van der Waals surface area (Å²) < 4.78 is 0. The molecule has 0 spiro atoms. The lowest BCUT2D eigenvalue weighted by Crippen LogP contribution is -2.38. The van der Waals surface area contributed by atoms with Gasteiger partial charge in [0.1, 0.15) is 0 Å². The minimum absolute atomic E-state index is 0.0441. The van der Waals surface area contributed by atoms with Crippen molar-refractivity contribution in [3.8, 4) is 0 Å². The molecule has 22 heavy (non-hydrogen) atoms. The van der Waals surface area contributed by atoms with E-state index >= 15 is 0 Å². The molecule has 2 aliphatic rings. The first-order valence-electron chi connectivity index (χ1n) is 8.10. The fourth-order valence-electron chi connectivity index (χ4n) is 3.17. The van der Waals surface area contributed by atoms with E-state index in [9.17, 15) is 9.59 Å². The number of nitrogens with zero attached hydrogens (tertiary/aromatic N) is 1. The van der Waals surface area contributed by atoms with E-state index in [0.29, 0.717) is 12.5 Å². The molecule has 0 radical (unpaired) electrons. The third kappa shape index (κ3) is 3.05. The van der Waals surface area contributed by atoms with Gasteiger partial charge in [0, 0.05) is 22.8 Å². The van der Waals surface area contributed by atoms with Gasteiger partial charge in [-0.25, -0.2) is 0 Å². The van der Waals surface area contributed by atoms with Crippen LogP contribution in [0.15, 0.2) is 5.38 Å². The van der Waals surface area contributed by atoms with E-state index in [1.54, 1.807) is 23.2 Å². The van der Waals surface area contributed by atoms with E-state index in [-0.39, 0.29) is 11.9 Å². The number of carbonyl (C=O) groups excluding carboxylic acids is 1. The average molecular weight is 321 g/mol. The average Bonchev–Trinajstić information content (AvgIpc) is 3.23. The SMILES string of the molecule is CC1CCc2c(C(=O)N(CC(C)C(=O)O)C3CC3)csc2C1. The maximum atomic E-state index is 12.9. The van der Waals surface area contributed by atoms with Crippen molar-refractivity contribution in [1.82, 2.24) is 4.90 Å². The number of hydrogen-bond acceptors (Lipinski definition) is 3. The lowest BCUT2D eigenvalue weighted by molar-refractivity contribution is -0.141. The third-order valence-electron chi connectivity index (χ3n) is 4.77. The number of carboxylic acids is 1. The zero-order chi connectivity index (χ0) is 15.9. The quantitative estimate of drug-likeness (QED) is 0.906. The zero-order valence-corrected chi connectivity index (χ0v) is 14.0. The van der Waals surface area contributed by atoms with Gasteiger partial charge in [0.25, 0.3) is 5.91 Å². The van der Waals surface area contributed by atoms with Gasteiger partial charge in [0.05, 0.1) is 11.5 Å². The molecule has 1 N–H and O–H groups in total. The summed E-state index contributed by atoms with van der Waals surface area (Å²) in [7, 11) is 0. The molecule has 0 bridgehead atoms. The molecule has 3 rings (SSSR count). The van der Waals surface area contributed by atoms with Crippen LogP contribution in [0.25, 0.3) is 0 Å². The van der Waals surface area contributed by atoms with Crippen molar-refractivity contribution >= 4 is 23.2 Å². The molecule has 1 fully saturated rings. The highest BCUT2D eigenvalue weighted by molar-refractivity contribution is 7.10. The van der Waals surface area contributed by atoms with Crippen LogP contribution in [0.1, 0.15) is 53.9 Å². The van der Waals surface area contributed by atoms with Crippen molar-refractivity contribution in [1.29, 1.82) is 0 Å². The summed E-state index contributed by atoms with van der Waals surface area (Å²) in [4.78, 5) is 27.2. The number of carboxylic acid groups (broad SMARTS) is 1. The minimum Gasteiger partial charge on any atom is -0.481 e. The second-order valence-electron chi connectivity index (χ2n) is 6.83. The maximum Gasteiger partial charge on any atom is 0.308 e. The number of fused-ring (bicyclic) bond motifs is 1. The van der Waals surface area contributed by atoms with Gasteiger partial charge in [-0.1, -0.05) is 13.8 Å². The summed E-state index contributed by atoms with van der Waals surface area (Å²) >= 11 is 1.69. The van der Waals surface area contributed by atoms with Gasteiger partial charge in [0.2, 0.25) is 0 Å². The van der Waals surface area contributed by atoms with E-state index in [0.717, 1.165) is 37.7 Å². The Balaban J connectivity index is 1.81. The van der Waals surface area contributed by atoms with Crippen LogP contribution in [0.5, 0.6) is 0 Å². The molecule has 1 aromatic heterocycles. The molecule has 4 nitrogen and oxygen atoms in total. The molecule has 2 aliphatic carbocycles. The fourth-order valence-corrected chi connectivity index (χ4v) is 4.41. The van der Waals surface area contributed by atoms with E-state index in [1.807, 2.05) is 5.38 Å². The molecule has 120 valence electrons. The first-order valence-corrected chi connectivity index (χ1v) is 8.98. The van der Waals surface area contributed by atoms with Gasteiger partial charge in [-0.3, -0.25) is 9.59 Å². The van der Waals surface area contributed by atoms with Crippen LogP contribution >= 0.6 is 11.3 Å². The van der Waals surface area contributed by atoms with Crippen LogP contribution in [-0.2, 0) is 17.6 Å². The van der Waals surface area contributed by atoms with Crippen LogP contribution in [0.4, 0.5) is 0 Å². The molecule has 5 heteroatoms. The fraction of sp³-hybridized carbons (Fsp3) is 0.647. The monoisotopic (exact) mass is 321 g/mol. The lowest BCUT2D eigenvalue weighted by atomic mass is 9.88. The lowest BCUT2D eigenvalue weighted by Gasteiger charge is -2.25. The first kappa shape index (κ1) is 15.5. The molecule has 2 atom stereocenters. The predicted octanol–water partition coefficient (Wildman–Crippen LogP) is 3.20. The van der Waals surface area contributed by atoms with Gasteiger partial charge in [0.15, 0.2) is 0 Å². The van der Waals surface area contributed by atoms with Crippen LogP contribution in [-0.4, -0.2) is 34.5 Å². The third-order valence-corrected chi connectivity index (χ3v) is 5.82. The molecular formula is C17H23NO3S. The number of hydrogen-bond donors (Lipinski definition) is 1. The van der Waals surface area contributed by atoms with Crippen LogP contribution < -0.4 is 0 Å². The Kier molecular flexibility index (Phi) is 4.26. The summed E-state index contributed by atoms with van der Waals surface area (Å²) in [5.41, 5.74) is 2.05. The minimum atomic E-state index is -0.834. The Hall–Kier alpha value is -1.36. The van der Waals surface area contributed by atoms with Crippen LogP contribution in [0, 0.1) is 11.8 Å². The Morgan fingerprint density at radius 2 is 2.14 bits per heavy atom.